The molecule has 8 heteroatoms. The molecule has 0 spiro atoms. The van der Waals surface area contributed by atoms with Gasteiger partial charge in [-0.1, -0.05) is 0 Å². The second-order valence-electron chi connectivity index (χ2n) is 5.79. The molecule has 25 heavy (non-hydrogen) atoms. The summed E-state index contributed by atoms with van der Waals surface area (Å²) in [6, 6.07) is 5.90. The molecule has 0 unspecified atom stereocenters. The van der Waals surface area contributed by atoms with E-state index in [2.05, 4.69) is 15.6 Å². The van der Waals surface area contributed by atoms with Crippen molar-refractivity contribution in [3.05, 3.63) is 47.7 Å². The van der Waals surface area contributed by atoms with Crippen molar-refractivity contribution in [2.24, 2.45) is 0 Å². The van der Waals surface area contributed by atoms with Crippen molar-refractivity contribution < 1.29 is 23.1 Å². The summed E-state index contributed by atoms with van der Waals surface area (Å²) in [5, 5.41) is 15.7. The van der Waals surface area contributed by atoms with Gasteiger partial charge in [0.25, 0.3) is 0 Å². The molecule has 2 aromatic rings. The Morgan fingerprint density at radius 1 is 1.32 bits per heavy atom. The van der Waals surface area contributed by atoms with Gasteiger partial charge in [0, 0.05) is 18.3 Å². The fourth-order valence-electron chi connectivity index (χ4n) is 2.48. The summed E-state index contributed by atoms with van der Waals surface area (Å²) in [6.07, 6.45) is -2.24. The number of pyridine rings is 1. The van der Waals surface area contributed by atoms with Crippen LogP contribution in [-0.2, 0) is 17.5 Å². The Morgan fingerprint density at radius 2 is 2.08 bits per heavy atom. The second kappa shape index (κ2) is 6.72. The number of aromatic hydroxyl groups is 1. The number of phenolic OH excluding ortho intramolecular Hbond substituents is 1. The van der Waals surface area contributed by atoms with Gasteiger partial charge in [-0.25, -0.2) is 0 Å². The predicted molar refractivity (Wildman–Crippen MR) is 84.6 cm³/mol. The van der Waals surface area contributed by atoms with Crippen molar-refractivity contribution in [3.63, 3.8) is 0 Å². The number of carbonyl (C=O) groups is 1. The van der Waals surface area contributed by atoms with Gasteiger partial charge in [0.15, 0.2) is 0 Å². The average molecular weight is 351 g/mol. The van der Waals surface area contributed by atoms with Crippen LogP contribution in [0.15, 0.2) is 36.5 Å². The first-order valence-electron chi connectivity index (χ1n) is 7.71. The molecule has 2 heterocycles. The molecular formula is C17H16F3N3O2. The summed E-state index contributed by atoms with van der Waals surface area (Å²) in [7, 11) is 0. The number of rotatable bonds is 4. The van der Waals surface area contributed by atoms with Gasteiger partial charge >= 0.3 is 6.18 Å². The summed E-state index contributed by atoms with van der Waals surface area (Å²) in [5.74, 6) is -0.593. The lowest BCUT2D eigenvalue weighted by molar-refractivity contribution is -0.137. The normalized spacial score (nSPS) is 17.0. The van der Waals surface area contributed by atoms with Crippen molar-refractivity contribution >= 4 is 5.91 Å². The van der Waals surface area contributed by atoms with Crippen molar-refractivity contribution in [1.29, 1.82) is 0 Å². The van der Waals surface area contributed by atoms with Crippen LogP contribution in [0.4, 0.5) is 13.2 Å². The number of halogens is 3. The number of benzene rings is 1. The third-order valence-electron chi connectivity index (χ3n) is 4.03. The molecule has 3 N–H and O–H groups in total. The lowest BCUT2D eigenvalue weighted by atomic mass is 10.0. The number of hydrogen-bond acceptors (Lipinski definition) is 4. The summed E-state index contributed by atoms with van der Waals surface area (Å²) in [5.41, 5.74) is 0.337. The maximum atomic E-state index is 12.7. The molecule has 1 saturated heterocycles. The van der Waals surface area contributed by atoms with Crippen molar-refractivity contribution in [2.75, 3.05) is 6.54 Å². The number of nitrogens with zero attached hydrogens (tertiary/aromatic N) is 1. The molecule has 1 aliphatic rings. The minimum atomic E-state index is -4.52. The number of hydrogen-bond donors (Lipinski definition) is 3. The van der Waals surface area contributed by atoms with Crippen molar-refractivity contribution in [3.8, 4) is 17.0 Å². The van der Waals surface area contributed by atoms with E-state index in [1.165, 1.54) is 12.3 Å². The fraction of sp³-hybridized carbons (Fsp3) is 0.294. The summed E-state index contributed by atoms with van der Waals surface area (Å²) in [6.45, 7) is 1.10. The second-order valence-corrected chi connectivity index (χ2v) is 5.79. The van der Waals surface area contributed by atoms with Gasteiger partial charge in [-0.2, -0.15) is 13.2 Å². The van der Waals surface area contributed by atoms with Crippen LogP contribution >= 0.6 is 0 Å². The molecule has 1 fully saturated rings. The van der Waals surface area contributed by atoms with E-state index in [4.69, 9.17) is 0 Å². The van der Waals surface area contributed by atoms with Gasteiger partial charge in [-0.15, -0.1) is 0 Å². The van der Waals surface area contributed by atoms with Crippen molar-refractivity contribution in [2.45, 2.75) is 25.2 Å². The smallest absolute Gasteiger partial charge is 0.416 e. The first-order chi connectivity index (χ1) is 11.8. The third-order valence-corrected chi connectivity index (χ3v) is 4.03. The first-order valence-corrected chi connectivity index (χ1v) is 7.71. The molecule has 3 rings (SSSR count). The van der Waals surface area contributed by atoms with E-state index >= 15 is 0 Å². The largest absolute Gasteiger partial charge is 0.507 e. The predicted octanol–water partition coefficient (Wildman–Crippen LogP) is 2.45. The van der Waals surface area contributed by atoms with Crippen LogP contribution in [0, 0.1) is 0 Å². The highest BCUT2D eigenvalue weighted by Crippen LogP contribution is 2.35. The zero-order valence-corrected chi connectivity index (χ0v) is 13.1. The molecule has 0 bridgehead atoms. The third kappa shape index (κ3) is 3.90. The minimum Gasteiger partial charge on any atom is -0.507 e. The number of alkyl halides is 3. The molecule has 132 valence electrons. The van der Waals surface area contributed by atoms with Crippen molar-refractivity contribution in [1.82, 2.24) is 15.6 Å². The molecule has 0 saturated carbocycles. The molecular weight excluding hydrogens is 335 g/mol. The van der Waals surface area contributed by atoms with Crippen LogP contribution in [0.1, 0.15) is 17.5 Å². The molecule has 0 radical (unpaired) electrons. The molecule has 0 aliphatic carbocycles. The van der Waals surface area contributed by atoms with Gasteiger partial charge in [-0.3, -0.25) is 9.78 Å². The molecule has 1 aliphatic heterocycles. The van der Waals surface area contributed by atoms with Crippen LogP contribution in [0.5, 0.6) is 5.75 Å². The first kappa shape index (κ1) is 17.2. The Balaban J connectivity index is 1.75. The number of nitrogens with one attached hydrogen (secondary N) is 2. The lowest BCUT2D eigenvalue weighted by Gasteiger charge is -2.26. The van der Waals surface area contributed by atoms with Crippen LogP contribution in [-0.4, -0.2) is 28.6 Å². The fourth-order valence-corrected chi connectivity index (χ4v) is 2.48. The molecule has 1 atom stereocenters. The summed E-state index contributed by atoms with van der Waals surface area (Å²) in [4.78, 5) is 15.9. The SMILES string of the molecule is O=C(NCc1ccnc(-c2ccc(C(F)(F)F)cc2O)c1)[C@@H]1CCN1. The zero-order valence-electron chi connectivity index (χ0n) is 13.1. The number of phenols is 1. The Labute approximate surface area is 141 Å². The van der Waals surface area contributed by atoms with Gasteiger partial charge in [-0.05, 0) is 48.9 Å². The van der Waals surface area contributed by atoms with Crippen LogP contribution < -0.4 is 10.6 Å². The molecule has 1 aromatic carbocycles. The Kier molecular flexibility index (Phi) is 4.63. The highest BCUT2D eigenvalue weighted by Gasteiger charge is 2.31. The zero-order chi connectivity index (χ0) is 18.0. The number of carbonyl (C=O) groups excluding carboxylic acids is 1. The monoisotopic (exact) mass is 351 g/mol. The highest BCUT2D eigenvalue weighted by molar-refractivity contribution is 5.82. The lowest BCUT2D eigenvalue weighted by Crippen LogP contribution is -2.52. The molecule has 1 amide bonds. The van der Waals surface area contributed by atoms with Gasteiger partial charge in [0.2, 0.25) is 5.91 Å². The summed E-state index contributed by atoms with van der Waals surface area (Å²) >= 11 is 0. The van der Waals surface area contributed by atoms with Crippen LogP contribution in [0.3, 0.4) is 0 Å². The standard InChI is InChI=1S/C17H16F3N3O2/c18-17(19,20)11-1-2-12(15(24)8-11)14-7-10(3-5-22-14)9-23-16(25)13-4-6-21-13/h1-3,5,7-8,13,21,24H,4,6,9H2,(H,23,25)/t13-/m0/s1. The Hall–Kier alpha value is -2.61. The van der Waals surface area contributed by atoms with Gasteiger partial charge in [0.1, 0.15) is 5.75 Å². The average Bonchev–Trinajstić information content (AvgIpc) is 2.50. The maximum absolute atomic E-state index is 12.7. The highest BCUT2D eigenvalue weighted by atomic mass is 19.4. The molecule has 1 aromatic heterocycles. The maximum Gasteiger partial charge on any atom is 0.416 e. The molecule has 5 nitrogen and oxygen atoms in total. The van der Waals surface area contributed by atoms with E-state index in [1.807, 2.05) is 0 Å². The quantitative estimate of drug-likeness (QED) is 0.791. The topological polar surface area (TPSA) is 74.2 Å². The van der Waals surface area contributed by atoms with Crippen LogP contribution in [0.25, 0.3) is 11.3 Å². The number of amides is 1. The van der Waals surface area contributed by atoms with Crippen LogP contribution in [0.2, 0.25) is 0 Å². The Bertz CT molecular complexity index is 789. The van der Waals surface area contributed by atoms with E-state index < -0.39 is 17.5 Å². The van der Waals surface area contributed by atoms with E-state index in [9.17, 15) is 23.1 Å². The minimum absolute atomic E-state index is 0.0954. The van der Waals surface area contributed by atoms with E-state index in [0.717, 1.165) is 24.6 Å². The van der Waals surface area contributed by atoms with E-state index in [0.29, 0.717) is 11.8 Å². The summed E-state index contributed by atoms with van der Waals surface area (Å²) < 4.78 is 38.0. The van der Waals surface area contributed by atoms with Gasteiger partial charge in [0.05, 0.1) is 17.3 Å². The van der Waals surface area contributed by atoms with Gasteiger partial charge < -0.3 is 15.7 Å². The van der Waals surface area contributed by atoms with E-state index in [-0.39, 0.29) is 24.1 Å². The number of aromatic nitrogens is 1. The van der Waals surface area contributed by atoms with E-state index in [1.54, 1.807) is 12.1 Å². The Morgan fingerprint density at radius 3 is 2.68 bits per heavy atom.